The zero-order chi connectivity index (χ0) is 29.7. The number of fused-ring (bicyclic) bond motifs is 1. The fourth-order valence-corrected chi connectivity index (χ4v) is 4.91. The van der Waals surface area contributed by atoms with E-state index in [0.717, 1.165) is 12.8 Å². The van der Waals surface area contributed by atoms with Crippen molar-refractivity contribution in [3.63, 3.8) is 0 Å². The number of phenolic OH excluding ortho intramolecular Hbond substituents is 1. The molecule has 10 nitrogen and oxygen atoms in total. The average Bonchev–Trinajstić information content (AvgIpc) is 3.78. The minimum atomic E-state index is -1.06. The van der Waals surface area contributed by atoms with E-state index in [0.29, 0.717) is 17.7 Å². The molecule has 5 N–H and O–H groups in total. The summed E-state index contributed by atoms with van der Waals surface area (Å²) in [4.78, 5) is 41.4. The zero-order valence-electron chi connectivity index (χ0n) is 23.6. The second-order valence-corrected chi connectivity index (χ2v) is 11.0. The Morgan fingerprint density at radius 3 is 2.41 bits per heavy atom. The number of aliphatic hydroxyl groups excluding tert-OH is 1. The van der Waals surface area contributed by atoms with Crippen molar-refractivity contribution in [1.29, 1.82) is 0 Å². The molecule has 0 aromatic heterocycles. The molecule has 1 saturated carbocycles. The van der Waals surface area contributed by atoms with Crippen molar-refractivity contribution in [2.45, 2.75) is 69.9 Å². The standard InChI is InChI=1S/C30H39FN4O6/c1-17-16-33-26(20-9-10-20)30(40)35(3)18(2)28(38)34-23(15-19-7-11-21(31)12-8-19)29(39)32-14-13-24(36)22-5-4-6-25(37)27(22)41-17/h4-8,11-12,17-18,20,23-24,26,33,36-37H,9-10,13-16H2,1-3H3,(H,32,39)(H,34,38). The van der Waals surface area contributed by atoms with Crippen molar-refractivity contribution >= 4 is 17.7 Å². The van der Waals surface area contributed by atoms with Gasteiger partial charge >= 0.3 is 0 Å². The Balaban J connectivity index is 1.61. The lowest BCUT2D eigenvalue weighted by Crippen LogP contribution is -2.57. The van der Waals surface area contributed by atoms with E-state index in [4.69, 9.17) is 4.74 Å². The number of rotatable bonds is 3. The SMILES string of the molecule is CC1CNC(C2CC2)C(=O)N(C)C(C)C(=O)NC(Cc2ccc(F)cc2)C(=O)NCCC(O)c2cccc(O)c2O1. The van der Waals surface area contributed by atoms with E-state index >= 15 is 0 Å². The second kappa shape index (κ2) is 13.3. The fraction of sp³-hybridized carbons (Fsp3) is 0.500. The maximum atomic E-state index is 13.5. The molecule has 41 heavy (non-hydrogen) atoms. The zero-order valence-corrected chi connectivity index (χ0v) is 23.6. The highest BCUT2D eigenvalue weighted by atomic mass is 19.1. The maximum Gasteiger partial charge on any atom is 0.243 e. The monoisotopic (exact) mass is 570 g/mol. The predicted octanol–water partition coefficient (Wildman–Crippen LogP) is 1.79. The summed E-state index contributed by atoms with van der Waals surface area (Å²) in [5, 5.41) is 30.2. The number of amides is 3. The average molecular weight is 571 g/mol. The Bertz CT molecular complexity index is 1240. The van der Waals surface area contributed by atoms with Gasteiger partial charge < -0.3 is 35.8 Å². The summed E-state index contributed by atoms with van der Waals surface area (Å²) in [6, 6.07) is 7.94. The minimum absolute atomic E-state index is 0.0685. The van der Waals surface area contributed by atoms with Crippen LogP contribution in [0.5, 0.6) is 11.5 Å². The Hall–Kier alpha value is -3.70. The number of aromatic hydroxyl groups is 1. The summed E-state index contributed by atoms with van der Waals surface area (Å²) < 4.78 is 19.5. The van der Waals surface area contributed by atoms with Gasteiger partial charge in [0.2, 0.25) is 17.7 Å². The number of hydrogen-bond donors (Lipinski definition) is 5. The highest BCUT2D eigenvalue weighted by Crippen LogP contribution is 2.36. The van der Waals surface area contributed by atoms with Gasteiger partial charge in [-0.3, -0.25) is 14.4 Å². The third kappa shape index (κ3) is 7.74. The van der Waals surface area contributed by atoms with Gasteiger partial charge in [-0.05, 0) is 62.8 Å². The van der Waals surface area contributed by atoms with E-state index < -0.39 is 48.0 Å². The summed E-state index contributed by atoms with van der Waals surface area (Å²) in [5.74, 6) is -1.52. The normalized spacial score (nSPS) is 27.1. The van der Waals surface area contributed by atoms with Crippen molar-refractivity contribution in [2.75, 3.05) is 20.1 Å². The van der Waals surface area contributed by atoms with Gasteiger partial charge in [0, 0.05) is 32.1 Å². The fourth-order valence-electron chi connectivity index (χ4n) is 4.91. The quantitative estimate of drug-likeness (QED) is 0.379. The smallest absolute Gasteiger partial charge is 0.243 e. The Morgan fingerprint density at radius 2 is 1.73 bits per heavy atom. The van der Waals surface area contributed by atoms with Crippen molar-refractivity contribution in [3.8, 4) is 11.5 Å². The number of hydrogen-bond acceptors (Lipinski definition) is 7. The van der Waals surface area contributed by atoms with E-state index in [-0.39, 0.29) is 42.7 Å². The van der Waals surface area contributed by atoms with Crippen LogP contribution in [-0.2, 0) is 20.8 Å². The van der Waals surface area contributed by atoms with Gasteiger partial charge in [-0.25, -0.2) is 4.39 Å². The topological polar surface area (TPSA) is 140 Å². The molecular weight excluding hydrogens is 531 g/mol. The maximum absolute atomic E-state index is 13.5. The molecular formula is C30H39FN4O6. The number of likely N-dealkylation sites (N-methyl/N-ethyl adjacent to an activating group) is 1. The van der Waals surface area contributed by atoms with E-state index in [9.17, 15) is 29.0 Å². The molecule has 5 atom stereocenters. The van der Waals surface area contributed by atoms with Crippen LogP contribution in [0, 0.1) is 11.7 Å². The lowest BCUT2D eigenvalue weighted by molar-refractivity contribution is -0.141. The van der Waals surface area contributed by atoms with Crippen LogP contribution in [0.25, 0.3) is 0 Å². The molecule has 0 radical (unpaired) electrons. The lowest BCUT2D eigenvalue weighted by Gasteiger charge is -2.31. The van der Waals surface area contributed by atoms with Gasteiger partial charge in [0.1, 0.15) is 24.0 Å². The molecule has 1 fully saturated rings. The molecule has 4 rings (SSSR count). The van der Waals surface area contributed by atoms with Crippen molar-refractivity contribution in [3.05, 3.63) is 59.4 Å². The third-order valence-corrected chi connectivity index (χ3v) is 7.70. The van der Waals surface area contributed by atoms with Crippen LogP contribution in [0.3, 0.4) is 0 Å². The second-order valence-electron chi connectivity index (χ2n) is 11.0. The van der Waals surface area contributed by atoms with Gasteiger partial charge in [0.25, 0.3) is 0 Å². The van der Waals surface area contributed by atoms with Crippen LogP contribution in [0.1, 0.15) is 50.3 Å². The lowest BCUT2D eigenvalue weighted by atomic mass is 10.0. The first-order valence-electron chi connectivity index (χ1n) is 14.0. The van der Waals surface area contributed by atoms with Crippen LogP contribution in [0.15, 0.2) is 42.5 Å². The highest BCUT2D eigenvalue weighted by Gasteiger charge is 2.39. The summed E-state index contributed by atoms with van der Waals surface area (Å²) in [6.45, 7) is 3.76. The molecule has 0 bridgehead atoms. The number of nitrogens with zero attached hydrogens (tertiary/aromatic N) is 1. The van der Waals surface area contributed by atoms with Gasteiger partial charge in [-0.2, -0.15) is 0 Å². The van der Waals surface area contributed by atoms with Crippen LogP contribution < -0.4 is 20.7 Å². The molecule has 5 unspecified atom stereocenters. The number of carbonyl (C=O) groups excluding carboxylic acids is 3. The van der Waals surface area contributed by atoms with Crippen LogP contribution >= 0.6 is 0 Å². The van der Waals surface area contributed by atoms with Gasteiger partial charge in [-0.15, -0.1) is 0 Å². The number of carbonyl (C=O) groups is 3. The van der Waals surface area contributed by atoms with Crippen molar-refractivity contribution < 1.29 is 33.7 Å². The van der Waals surface area contributed by atoms with Gasteiger partial charge in [-0.1, -0.05) is 24.3 Å². The van der Waals surface area contributed by atoms with Crippen LogP contribution in [0.2, 0.25) is 0 Å². The number of ether oxygens (including phenoxy) is 1. The first-order valence-corrected chi connectivity index (χ1v) is 14.0. The summed E-state index contributed by atoms with van der Waals surface area (Å²) >= 11 is 0. The molecule has 1 aliphatic carbocycles. The molecule has 2 aromatic carbocycles. The first-order chi connectivity index (χ1) is 19.5. The van der Waals surface area contributed by atoms with Gasteiger partial charge in [0.05, 0.1) is 12.1 Å². The van der Waals surface area contributed by atoms with E-state index in [1.54, 1.807) is 45.2 Å². The van der Waals surface area contributed by atoms with Crippen molar-refractivity contribution in [1.82, 2.24) is 20.9 Å². The summed E-state index contributed by atoms with van der Waals surface area (Å²) in [7, 11) is 1.56. The number of halogens is 1. The molecule has 0 saturated heterocycles. The molecule has 2 aromatic rings. The Kier molecular flexibility index (Phi) is 9.82. The minimum Gasteiger partial charge on any atom is -0.504 e. The number of benzene rings is 2. The number of para-hydroxylation sites is 1. The van der Waals surface area contributed by atoms with Crippen LogP contribution in [0.4, 0.5) is 4.39 Å². The Labute approximate surface area is 239 Å². The number of phenols is 1. The molecule has 222 valence electrons. The molecule has 1 aliphatic heterocycles. The largest absolute Gasteiger partial charge is 0.504 e. The molecule has 11 heteroatoms. The van der Waals surface area contributed by atoms with E-state index in [1.165, 1.54) is 23.1 Å². The highest BCUT2D eigenvalue weighted by molar-refractivity contribution is 5.93. The Morgan fingerprint density at radius 1 is 1.02 bits per heavy atom. The summed E-state index contributed by atoms with van der Waals surface area (Å²) in [6.07, 6.45) is 0.453. The van der Waals surface area contributed by atoms with E-state index in [1.807, 2.05) is 0 Å². The number of nitrogens with one attached hydrogen (secondary N) is 3. The molecule has 2 aliphatic rings. The molecule has 3 amide bonds. The molecule has 1 heterocycles. The number of aliphatic hydroxyl groups is 1. The first kappa shape index (κ1) is 30.3. The van der Waals surface area contributed by atoms with E-state index in [2.05, 4.69) is 16.0 Å². The van der Waals surface area contributed by atoms with Crippen molar-refractivity contribution in [2.24, 2.45) is 5.92 Å². The van der Waals surface area contributed by atoms with Gasteiger partial charge in [0.15, 0.2) is 11.5 Å². The summed E-state index contributed by atoms with van der Waals surface area (Å²) in [5.41, 5.74) is 1.01. The predicted molar refractivity (Wildman–Crippen MR) is 150 cm³/mol. The third-order valence-electron chi connectivity index (χ3n) is 7.70. The molecule has 0 spiro atoms. The van der Waals surface area contributed by atoms with Crippen LogP contribution in [-0.4, -0.2) is 77.2 Å².